The molecule has 1 aliphatic rings. The van der Waals surface area contributed by atoms with Crippen LogP contribution in [0, 0.1) is 12.7 Å². The Bertz CT molecular complexity index is 1280. The fourth-order valence-corrected chi connectivity index (χ4v) is 5.30. The number of fused-ring (bicyclic) bond motifs is 1. The molecule has 0 amide bonds. The van der Waals surface area contributed by atoms with E-state index in [0.29, 0.717) is 0 Å². The minimum Gasteiger partial charge on any atom is -0.349 e. The summed E-state index contributed by atoms with van der Waals surface area (Å²) in [4.78, 5) is 19.1. The number of nitrogens with zero attached hydrogens (tertiary/aromatic N) is 6. The van der Waals surface area contributed by atoms with Crippen LogP contribution in [0.1, 0.15) is 29.9 Å². The molecule has 3 unspecified atom stereocenters. The lowest BCUT2D eigenvalue weighted by Crippen LogP contribution is -2.53. The lowest BCUT2D eigenvalue weighted by atomic mass is 9.95. The topological polar surface area (TPSA) is 62.1 Å². The number of rotatable bonds is 7. The van der Waals surface area contributed by atoms with Gasteiger partial charge >= 0.3 is 0 Å². The summed E-state index contributed by atoms with van der Waals surface area (Å²) in [6, 6.07) is 15.7. The van der Waals surface area contributed by atoms with E-state index in [-0.39, 0.29) is 17.9 Å². The van der Waals surface area contributed by atoms with Crippen molar-refractivity contribution in [3.8, 4) is 0 Å². The highest BCUT2D eigenvalue weighted by atomic mass is 31.0. The SMILES string of the molecule is CNCCn1cnc2c(N3CCN(C(c4ccc(F)cc4)c4ccc(P)cc4)CC3C)nc(C)nc21. The lowest BCUT2D eigenvalue weighted by molar-refractivity contribution is 0.187. The van der Waals surface area contributed by atoms with E-state index in [0.717, 1.165) is 66.4 Å². The Labute approximate surface area is 214 Å². The molecular formula is C27H33FN7P. The van der Waals surface area contributed by atoms with Crippen molar-refractivity contribution in [2.75, 3.05) is 38.1 Å². The van der Waals surface area contributed by atoms with Crippen LogP contribution in [0.3, 0.4) is 0 Å². The zero-order valence-corrected chi connectivity index (χ0v) is 22.2. The van der Waals surface area contributed by atoms with Crippen LogP contribution in [-0.2, 0) is 6.54 Å². The molecule has 0 aliphatic carbocycles. The monoisotopic (exact) mass is 505 g/mol. The predicted molar refractivity (Wildman–Crippen MR) is 146 cm³/mol. The van der Waals surface area contributed by atoms with Gasteiger partial charge in [0.05, 0.1) is 12.4 Å². The third kappa shape index (κ3) is 4.99. The third-order valence-electron chi connectivity index (χ3n) is 6.89. The summed E-state index contributed by atoms with van der Waals surface area (Å²) in [6.45, 7) is 8.34. The van der Waals surface area contributed by atoms with Gasteiger partial charge in [-0.1, -0.05) is 36.4 Å². The zero-order chi connectivity index (χ0) is 25.2. The van der Waals surface area contributed by atoms with Gasteiger partial charge in [0.1, 0.15) is 11.6 Å². The molecule has 7 nitrogen and oxygen atoms in total. The molecule has 36 heavy (non-hydrogen) atoms. The number of hydrogen-bond donors (Lipinski definition) is 1. The number of halogens is 1. The molecule has 0 radical (unpaired) electrons. The third-order valence-corrected chi connectivity index (χ3v) is 7.28. The van der Waals surface area contributed by atoms with E-state index >= 15 is 0 Å². The Hall–Kier alpha value is -2.93. The maximum absolute atomic E-state index is 13.7. The van der Waals surface area contributed by atoms with Crippen molar-refractivity contribution >= 4 is 31.5 Å². The Kier molecular flexibility index (Phi) is 7.28. The highest BCUT2D eigenvalue weighted by Crippen LogP contribution is 2.33. The molecule has 1 fully saturated rings. The number of anilines is 1. The normalized spacial score (nSPS) is 17.6. The van der Waals surface area contributed by atoms with Crippen molar-refractivity contribution < 1.29 is 4.39 Å². The Morgan fingerprint density at radius 2 is 1.75 bits per heavy atom. The second-order valence-corrected chi connectivity index (χ2v) is 10.1. The average Bonchev–Trinajstić information content (AvgIpc) is 3.27. The van der Waals surface area contributed by atoms with E-state index in [2.05, 4.69) is 60.1 Å². The molecule has 0 saturated carbocycles. The summed E-state index contributed by atoms with van der Waals surface area (Å²) < 4.78 is 15.8. The molecule has 1 aliphatic heterocycles. The van der Waals surface area contributed by atoms with Gasteiger partial charge in [-0.2, -0.15) is 0 Å². The Balaban J connectivity index is 1.44. The van der Waals surface area contributed by atoms with Gasteiger partial charge in [-0.25, -0.2) is 19.3 Å². The summed E-state index contributed by atoms with van der Waals surface area (Å²) in [5.74, 6) is 1.44. The molecular weight excluding hydrogens is 472 g/mol. The number of imidazole rings is 1. The van der Waals surface area contributed by atoms with Gasteiger partial charge in [0.2, 0.25) is 0 Å². The van der Waals surface area contributed by atoms with Crippen LogP contribution in [0.4, 0.5) is 10.2 Å². The Morgan fingerprint density at radius 1 is 1.06 bits per heavy atom. The molecule has 5 rings (SSSR count). The number of piperazine rings is 1. The zero-order valence-electron chi connectivity index (χ0n) is 21.0. The van der Waals surface area contributed by atoms with Crippen molar-refractivity contribution in [3.63, 3.8) is 0 Å². The first kappa shape index (κ1) is 24.8. The number of aryl methyl sites for hydroxylation is 1. The van der Waals surface area contributed by atoms with Crippen molar-refractivity contribution in [2.24, 2.45) is 0 Å². The van der Waals surface area contributed by atoms with Crippen molar-refractivity contribution in [3.05, 3.63) is 77.6 Å². The van der Waals surface area contributed by atoms with E-state index in [1.807, 2.05) is 32.4 Å². The molecule has 3 heterocycles. The molecule has 0 bridgehead atoms. The quantitative estimate of drug-likeness (QED) is 0.389. The highest BCUT2D eigenvalue weighted by Gasteiger charge is 2.32. The van der Waals surface area contributed by atoms with Crippen molar-refractivity contribution in [1.82, 2.24) is 29.7 Å². The number of nitrogens with one attached hydrogen (secondary N) is 1. The molecule has 1 N–H and O–H groups in total. The number of aromatic nitrogens is 4. The van der Waals surface area contributed by atoms with Gasteiger partial charge in [-0.05, 0) is 49.5 Å². The smallest absolute Gasteiger partial charge is 0.165 e. The summed E-state index contributed by atoms with van der Waals surface area (Å²) in [6.07, 6.45) is 1.86. The van der Waals surface area contributed by atoms with Gasteiger partial charge in [0, 0.05) is 38.8 Å². The van der Waals surface area contributed by atoms with Crippen LogP contribution in [0.2, 0.25) is 0 Å². The second kappa shape index (κ2) is 10.6. The second-order valence-electron chi connectivity index (χ2n) is 9.47. The first-order valence-corrected chi connectivity index (χ1v) is 13.0. The van der Waals surface area contributed by atoms with Crippen LogP contribution >= 0.6 is 9.24 Å². The van der Waals surface area contributed by atoms with Crippen LogP contribution in [-0.4, -0.2) is 63.7 Å². The van der Waals surface area contributed by atoms with Crippen LogP contribution in [0.25, 0.3) is 11.2 Å². The van der Waals surface area contributed by atoms with E-state index in [4.69, 9.17) is 15.0 Å². The first-order chi connectivity index (χ1) is 17.4. The van der Waals surface area contributed by atoms with Gasteiger partial charge in [0.15, 0.2) is 17.0 Å². The molecule has 9 heteroatoms. The highest BCUT2D eigenvalue weighted by molar-refractivity contribution is 7.27. The van der Waals surface area contributed by atoms with Gasteiger partial charge < -0.3 is 14.8 Å². The molecule has 1 saturated heterocycles. The predicted octanol–water partition coefficient (Wildman–Crippen LogP) is 3.29. The Morgan fingerprint density at radius 3 is 2.42 bits per heavy atom. The van der Waals surface area contributed by atoms with E-state index in [1.54, 1.807) is 12.1 Å². The molecule has 2 aromatic carbocycles. The van der Waals surface area contributed by atoms with Crippen molar-refractivity contribution in [2.45, 2.75) is 32.5 Å². The first-order valence-electron chi connectivity index (χ1n) is 12.4. The average molecular weight is 506 g/mol. The molecule has 4 aromatic rings. The van der Waals surface area contributed by atoms with Gasteiger partial charge in [-0.15, -0.1) is 9.24 Å². The minimum absolute atomic E-state index is 0.0497. The van der Waals surface area contributed by atoms with E-state index in [1.165, 1.54) is 5.56 Å². The minimum atomic E-state index is -0.215. The molecule has 2 aromatic heterocycles. The van der Waals surface area contributed by atoms with Gasteiger partial charge in [0.25, 0.3) is 0 Å². The summed E-state index contributed by atoms with van der Waals surface area (Å²) >= 11 is 0. The molecule has 3 atom stereocenters. The fraction of sp³-hybridized carbons (Fsp3) is 0.370. The maximum Gasteiger partial charge on any atom is 0.165 e. The fourth-order valence-electron chi connectivity index (χ4n) is 5.10. The summed E-state index contributed by atoms with van der Waals surface area (Å²) in [5, 5.41) is 4.33. The lowest BCUT2D eigenvalue weighted by Gasteiger charge is -2.44. The van der Waals surface area contributed by atoms with E-state index < -0.39 is 0 Å². The summed E-state index contributed by atoms with van der Waals surface area (Å²) in [7, 11) is 4.69. The van der Waals surface area contributed by atoms with Crippen molar-refractivity contribution in [1.29, 1.82) is 0 Å². The number of likely N-dealkylation sites (N-methyl/N-ethyl adjacent to an activating group) is 1. The van der Waals surface area contributed by atoms with Gasteiger partial charge in [-0.3, -0.25) is 4.90 Å². The molecule has 188 valence electrons. The van der Waals surface area contributed by atoms with Crippen LogP contribution in [0.15, 0.2) is 54.9 Å². The largest absolute Gasteiger partial charge is 0.349 e. The summed E-state index contributed by atoms with van der Waals surface area (Å²) in [5.41, 5.74) is 4.03. The molecule has 0 spiro atoms. The maximum atomic E-state index is 13.7. The van der Waals surface area contributed by atoms with E-state index in [9.17, 15) is 4.39 Å². The number of benzene rings is 2. The van der Waals surface area contributed by atoms with Crippen LogP contribution < -0.4 is 15.5 Å². The standard InChI is InChI=1S/C27H33FN7P/c1-18-16-33(25(20-4-8-22(28)9-5-20)21-6-10-23(36)11-7-21)14-15-35(18)27-24-26(31-19(2)32-27)34(17-30-24)13-12-29-3/h4-11,17-18,25,29H,12-16,36H2,1-3H3. The number of hydrogen-bond acceptors (Lipinski definition) is 6. The van der Waals surface area contributed by atoms with Crippen LogP contribution in [0.5, 0.6) is 0 Å².